The first-order valence-electron chi connectivity index (χ1n) is 16.0. The monoisotopic (exact) mass is 495 g/mol. The lowest BCUT2D eigenvalue weighted by atomic mass is 10.0. The van der Waals surface area contributed by atoms with Gasteiger partial charge in [-0.1, -0.05) is 140 Å². The second kappa shape index (κ2) is 21.5. The van der Waals surface area contributed by atoms with Crippen LogP contribution in [0.2, 0.25) is 0 Å². The number of nitrogens with zero attached hydrogens (tertiary/aromatic N) is 2. The predicted molar refractivity (Wildman–Crippen MR) is 158 cm³/mol. The summed E-state index contributed by atoms with van der Waals surface area (Å²) in [5.74, 6) is 1.56. The van der Waals surface area contributed by atoms with Crippen molar-refractivity contribution in [3.8, 4) is 0 Å². The van der Waals surface area contributed by atoms with Crippen LogP contribution in [0, 0.1) is 0 Å². The molecule has 0 atom stereocenters. The quantitative estimate of drug-likeness (QED) is 0.101. The molecule has 1 aromatic heterocycles. The van der Waals surface area contributed by atoms with Gasteiger partial charge in [0.25, 0.3) is 5.82 Å². The Bertz CT molecular complexity index is 733. The van der Waals surface area contributed by atoms with E-state index in [2.05, 4.69) is 65.7 Å². The van der Waals surface area contributed by atoms with E-state index in [-0.39, 0.29) is 0 Å². The largest absolute Gasteiger partial charge is 0.256 e. The molecule has 2 heteroatoms. The summed E-state index contributed by atoms with van der Waals surface area (Å²) in [6.45, 7) is 6.95. The molecule has 0 saturated heterocycles. The van der Waals surface area contributed by atoms with Crippen LogP contribution in [0.15, 0.2) is 42.7 Å². The van der Waals surface area contributed by atoms with E-state index in [0.29, 0.717) is 0 Å². The number of hydrogen-bond acceptors (Lipinski definition) is 0. The van der Waals surface area contributed by atoms with E-state index in [1.54, 1.807) is 5.82 Å². The van der Waals surface area contributed by atoms with Crippen LogP contribution < -0.4 is 4.57 Å². The predicted octanol–water partition coefficient (Wildman–Crippen LogP) is 10.0. The summed E-state index contributed by atoms with van der Waals surface area (Å²) in [6.07, 6.45) is 33.8. The van der Waals surface area contributed by atoms with Crippen molar-refractivity contribution < 1.29 is 4.57 Å². The van der Waals surface area contributed by atoms with E-state index < -0.39 is 0 Å². The summed E-state index contributed by atoms with van der Waals surface area (Å²) in [5, 5.41) is 0. The van der Waals surface area contributed by atoms with E-state index in [0.717, 1.165) is 6.54 Å². The average molecular weight is 496 g/mol. The van der Waals surface area contributed by atoms with Gasteiger partial charge in [0.05, 0.1) is 13.1 Å². The minimum Gasteiger partial charge on any atom is -0.234 e. The van der Waals surface area contributed by atoms with Crippen LogP contribution in [0.4, 0.5) is 0 Å². The number of hydrogen-bond donors (Lipinski definition) is 0. The topological polar surface area (TPSA) is 8.81 Å². The highest BCUT2D eigenvalue weighted by molar-refractivity contribution is 5.14. The molecule has 0 radical (unpaired) electrons. The molecule has 36 heavy (non-hydrogen) atoms. The van der Waals surface area contributed by atoms with Crippen molar-refractivity contribution in [2.45, 2.75) is 162 Å². The Morgan fingerprint density at radius 2 is 1.08 bits per heavy atom. The molecule has 0 fully saturated rings. The third kappa shape index (κ3) is 14.2. The smallest absolute Gasteiger partial charge is 0.234 e. The number of aryl methyl sites for hydroxylation is 3. The second-order valence-corrected chi connectivity index (χ2v) is 11.1. The molecular weight excluding hydrogens is 436 g/mol. The van der Waals surface area contributed by atoms with Crippen molar-refractivity contribution in [1.29, 1.82) is 0 Å². The molecule has 0 amide bonds. The summed E-state index contributed by atoms with van der Waals surface area (Å²) in [7, 11) is 0. The zero-order chi connectivity index (χ0) is 25.5. The third-order valence-electron chi connectivity index (χ3n) is 7.80. The van der Waals surface area contributed by atoms with Gasteiger partial charge in [0.2, 0.25) is 0 Å². The van der Waals surface area contributed by atoms with Gasteiger partial charge in [-0.3, -0.25) is 0 Å². The van der Waals surface area contributed by atoms with E-state index >= 15 is 0 Å². The first-order chi connectivity index (χ1) is 17.8. The van der Waals surface area contributed by atoms with E-state index in [9.17, 15) is 0 Å². The average Bonchev–Trinajstić information content (AvgIpc) is 3.28. The van der Waals surface area contributed by atoms with Crippen LogP contribution in [0.3, 0.4) is 0 Å². The molecule has 0 bridgehead atoms. The fourth-order valence-corrected chi connectivity index (χ4v) is 5.48. The molecule has 0 aliphatic rings. The minimum atomic E-state index is 1.14. The first kappa shape index (κ1) is 30.7. The van der Waals surface area contributed by atoms with Crippen LogP contribution in [0.1, 0.15) is 147 Å². The summed E-state index contributed by atoms with van der Waals surface area (Å²) in [4.78, 5) is 0. The normalized spacial score (nSPS) is 11.4. The van der Waals surface area contributed by atoms with E-state index in [1.807, 2.05) is 0 Å². The zero-order valence-electron chi connectivity index (χ0n) is 24.2. The molecule has 0 saturated carbocycles. The highest BCUT2D eigenvalue weighted by Gasteiger charge is 2.16. The van der Waals surface area contributed by atoms with Crippen molar-refractivity contribution in [2.75, 3.05) is 0 Å². The maximum atomic E-state index is 2.58. The van der Waals surface area contributed by atoms with Crippen LogP contribution >= 0.6 is 0 Å². The van der Waals surface area contributed by atoms with Gasteiger partial charge in [0, 0.05) is 6.42 Å². The molecule has 0 N–H and O–H groups in total. The number of benzene rings is 1. The minimum absolute atomic E-state index is 1.14. The van der Waals surface area contributed by atoms with Crippen LogP contribution in [-0.2, 0) is 25.9 Å². The van der Waals surface area contributed by atoms with Gasteiger partial charge in [-0.25, -0.2) is 9.13 Å². The lowest BCUT2D eigenvalue weighted by molar-refractivity contribution is -0.704. The molecule has 204 valence electrons. The number of rotatable bonds is 24. The summed E-state index contributed by atoms with van der Waals surface area (Å²) >= 11 is 0. The maximum absolute atomic E-state index is 2.58. The van der Waals surface area contributed by atoms with Gasteiger partial charge in [-0.15, -0.1) is 0 Å². The highest BCUT2D eigenvalue weighted by atomic mass is 15.1. The van der Waals surface area contributed by atoms with Gasteiger partial charge < -0.3 is 0 Å². The Hall–Kier alpha value is -1.57. The van der Waals surface area contributed by atoms with Crippen LogP contribution in [0.5, 0.6) is 0 Å². The lowest BCUT2D eigenvalue weighted by Gasteiger charge is -2.07. The Balaban J connectivity index is 1.61. The lowest BCUT2D eigenvalue weighted by Crippen LogP contribution is -2.37. The molecule has 2 rings (SSSR count). The van der Waals surface area contributed by atoms with Crippen LogP contribution in [-0.4, -0.2) is 4.57 Å². The standard InChI is InChI=1S/C34H59N2/c1-3-5-7-9-10-11-12-13-14-15-16-17-18-23-29-35-31-32-36(34(35)28-22-8-6-4-2)30-24-27-33-25-20-19-21-26-33/h19-21,25-26,31-32H,3-18,22-24,27-30H2,1-2H3/q+1. The Labute approximate surface area is 224 Å². The molecule has 2 nitrogen and oxygen atoms in total. The van der Waals surface area contributed by atoms with Crippen molar-refractivity contribution in [2.24, 2.45) is 0 Å². The molecule has 1 aromatic carbocycles. The molecular formula is C34H59N2+. The third-order valence-corrected chi connectivity index (χ3v) is 7.80. The molecule has 1 heterocycles. The zero-order valence-corrected chi connectivity index (χ0v) is 24.2. The molecule has 2 aromatic rings. The Morgan fingerprint density at radius 1 is 0.556 bits per heavy atom. The van der Waals surface area contributed by atoms with Gasteiger partial charge in [-0.05, 0) is 37.7 Å². The molecule has 0 unspecified atom stereocenters. The Morgan fingerprint density at radius 3 is 1.67 bits per heavy atom. The van der Waals surface area contributed by atoms with Gasteiger partial charge in [0.1, 0.15) is 12.4 Å². The highest BCUT2D eigenvalue weighted by Crippen LogP contribution is 2.14. The SMILES string of the molecule is CCCCCCCCCCCCCCCCn1cc[n+](CCCc2ccccc2)c1CCCCCC. The summed E-state index contributed by atoms with van der Waals surface area (Å²) < 4.78 is 5.13. The second-order valence-electron chi connectivity index (χ2n) is 11.1. The van der Waals surface area contributed by atoms with Gasteiger partial charge in [-0.2, -0.15) is 0 Å². The molecule has 0 spiro atoms. The maximum Gasteiger partial charge on any atom is 0.256 e. The molecule has 0 aliphatic carbocycles. The van der Waals surface area contributed by atoms with Crippen molar-refractivity contribution in [3.05, 3.63) is 54.1 Å². The Kier molecular flexibility index (Phi) is 18.3. The summed E-state index contributed by atoms with van der Waals surface area (Å²) in [5.41, 5.74) is 1.46. The van der Waals surface area contributed by atoms with Crippen LogP contribution in [0.25, 0.3) is 0 Å². The number of aromatic nitrogens is 2. The first-order valence-corrected chi connectivity index (χ1v) is 16.0. The van der Waals surface area contributed by atoms with E-state index in [4.69, 9.17) is 0 Å². The number of unbranched alkanes of at least 4 members (excludes halogenated alkanes) is 16. The van der Waals surface area contributed by atoms with Crippen molar-refractivity contribution >= 4 is 0 Å². The summed E-state index contributed by atoms with van der Waals surface area (Å²) in [6, 6.07) is 11.0. The fourth-order valence-electron chi connectivity index (χ4n) is 5.48. The van der Waals surface area contributed by atoms with E-state index in [1.165, 1.54) is 147 Å². The van der Waals surface area contributed by atoms with Crippen molar-refractivity contribution in [1.82, 2.24) is 4.57 Å². The number of imidazole rings is 1. The van der Waals surface area contributed by atoms with Crippen molar-refractivity contribution in [3.63, 3.8) is 0 Å². The molecule has 0 aliphatic heterocycles. The van der Waals surface area contributed by atoms with Gasteiger partial charge >= 0.3 is 0 Å². The van der Waals surface area contributed by atoms with Gasteiger partial charge in [0.15, 0.2) is 0 Å². The fraction of sp³-hybridized carbons (Fsp3) is 0.735.